The smallest absolute Gasteiger partial charge is 0.120 e. The Morgan fingerprint density at radius 3 is 2.50 bits per heavy atom. The zero-order chi connectivity index (χ0) is 9.23. The van der Waals surface area contributed by atoms with Crippen LogP contribution in [0.5, 0.6) is 0 Å². The van der Waals surface area contributed by atoms with Gasteiger partial charge in [0.05, 0.1) is 0 Å². The van der Waals surface area contributed by atoms with Crippen LogP contribution in [0, 0.1) is 0 Å². The van der Waals surface area contributed by atoms with Gasteiger partial charge in [-0.2, -0.15) is 0 Å². The van der Waals surface area contributed by atoms with Crippen LogP contribution in [0.25, 0.3) is 0 Å². The minimum atomic E-state index is 0.0941. The van der Waals surface area contributed by atoms with Gasteiger partial charge in [-0.15, -0.1) is 0 Å². The monoisotopic (exact) mass is 172 g/mol. The molecule has 0 fully saturated rings. The Bertz CT molecular complexity index is 85.9. The summed E-state index contributed by atoms with van der Waals surface area (Å²) >= 11 is 0. The summed E-state index contributed by atoms with van der Waals surface area (Å²) in [7, 11) is 0. The summed E-state index contributed by atoms with van der Waals surface area (Å²) in [5, 5.41) is 4.22. The maximum absolute atomic E-state index is 5.46. The van der Waals surface area contributed by atoms with Gasteiger partial charge in [-0.1, -0.05) is 33.1 Å². The van der Waals surface area contributed by atoms with Crippen molar-refractivity contribution >= 4 is 0 Å². The van der Waals surface area contributed by atoms with Gasteiger partial charge >= 0.3 is 0 Å². The van der Waals surface area contributed by atoms with E-state index in [0.29, 0.717) is 0 Å². The number of hydrogen-bond donors (Lipinski definition) is 0. The first-order chi connectivity index (χ1) is 5.81. The molecule has 0 saturated heterocycles. The second-order valence-corrected chi connectivity index (χ2v) is 3.03. The number of ether oxygens (including phenoxy) is 1. The van der Waals surface area contributed by atoms with E-state index in [0.717, 1.165) is 13.2 Å². The molecular formula is C10H22NO. The van der Waals surface area contributed by atoms with E-state index in [1.54, 1.807) is 0 Å². The van der Waals surface area contributed by atoms with Crippen molar-refractivity contribution in [2.45, 2.75) is 52.7 Å². The van der Waals surface area contributed by atoms with Crippen LogP contribution in [0.3, 0.4) is 0 Å². The Morgan fingerprint density at radius 2 is 1.92 bits per heavy atom. The molecule has 0 aromatic heterocycles. The Kier molecular flexibility index (Phi) is 8.95. The second kappa shape index (κ2) is 9.01. The van der Waals surface area contributed by atoms with Crippen molar-refractivity contribution < 1.29 is 4.74 Å². The van der Waals surface area contributed by atoms with Gasteiger partial charge in [0.1, 0.15) is 6.23 Å². The van der Waals surface area contributed by atoms with Crippen molar-refractivity contribution in [3.05, 3.63) is 0 Å². The highest BCUT2D eigenvalue weighted by atomic mass is 16.5. The van der Waals surface area contributed by atoms with E-state index in [4.69, 9.17) is 4.74 Å². The van der Waals surface area contributed by atoms with E-state index in [-0.39, 0.29) is 6.23 Å². The van der Waals surface area contributed by atoms with Crippen LogP contribution in [0.2, 0.25) is 0 Å². The van der Waals surface area contributed by atoms with Gasteiger partial charge in [0.15, 0.2) is 0 Å². The molecule has 0 N–H and O–H groups in total. The van der Waals surface area contributed by atoms with Gasteiger partial charge in [0.2, 0.25) is 0 Å². The van der Waals surface area contributed by atoms with Gasteiger partial charge < -0.3 is 4.74 Å². The van der Waals surface area contributed by atoms with Crippen LogP contribution in [0.4, 0.5) is 0 Å². The molecule has 0 aromatic carbocycles. The molecular weight excluding hydrogens is 150 g/mol. The zero-order valence-corrected chi connectivity index (χ0v) is 8.68. The average molecular weight is 172 g/mol. The maximum atomic E-state index is 5.46. The molecule has 12 heavy (non-hydrogen) atoms. The maximum Gasteiger partial charge on any atom is 0.120 e. The molecule has 0 aliphatic rings. The topological polar surface area (TPSA) is 23.3 Å². The molecule has 0 aliphatic carbocycles. The molecule has 73 valence electrons. The van der Waals surface area contributed by atoms with Crippen molar-refractivity contribution in [2.24, 2.45) is 0 Å². The summed E-state index contributed by atoms with van der Waals surface area (Å²) in [6.45, 7) is 7.98. The molecule has 0 saturated carbocycles. The molecule has 0 amide bonds. The van der Waals surface area contributed by atoms with Crippen molar-refractivity contribution in [2.75, 3.05) is 13.2 Å². The SMILES string of the molecule is CCCCCCOC(C)[N]CC. The lowest BCUT2D eigenvalue weighted by atomic mass is 10.2. The lowest BCUT2D eigenvalue weighted by molar-refractivity contribution is 0.0390. The Hall–Kier alpha value is -0.0800. The Balaban J connectivity index is 2.97. The zero-order valence-electron chi connectivity index (χ0n) is 8.68. The van der Waals surface area contributed by atoms with E-state index in [2.05, 4.69) is 12.2 Å². The summed E-state index contributed by atoms with van der Waals surface area (Å²) in [6.07, 6.45) is 5.17. The fourth-order valence-corrected chi connectivity index (χ4v) is 1.09. The largest absolute Gasteiger partial charge is 0.362 e. The molecule has 2 nitrogen and oxygen atoms in total. The highest BCUT2D eigenvalue weighted by molar-refractivity contribution is 4.45. The van der Waals surface area contributed by atoms with Crippen LogP contribution in [0.15, 0.2) is 0 Å². The first-order valence-corrected chi connectivity index (χ1v) is 5.09. The molecule has 0 rings (SSSR count). The first-order valence-electron chi connectivity index (χ1n) is 5.09. The van der Waals surface area contributed by atoms with Crippen molar-refractivity contribution in [3.8, 4) is 0 Å². The highest BCUT2D eigenvalue weighted by Gasteiger charge is 1.98. The van der Waals surface area contributed by atoms with Crippen molar-refractivity contribution in [3.63, 3.8) is 0 Å². The lowest BCUT2D eigenvalue weighted by Gasteiger charge is -2.11. The van der Waals surface area contributed by atoms with Gasteiger partial charge in [-0.05, 0) is 13.3 Å². The Morgan fingerprint density at radius 1 is 1.17 bits per heavy atom. The third-order valence-corrected chi connectivity index (χ3v) is 1.80. The van der Waals surface area contributed by atoms with E-state index in [1.807, 2.05) is 13.8 Å². The average Bonchev–Trinajstić information content (AvgIpc) is 2.05. The molecule has 0 bridgehead atoms. The summed E-state index contributed by atoms with van der Waals surface area (Å²) in [6, 6.07) is 0. The highest BCUT2D eigenvalue weighted by Crippen LogP contribution is 1.99. The number of unbranched alkanes of at least 4 members (excludes halogenated alkanes) is 3. The molecule has 0 spiro atoms. The lowest BCUT2D eigenvalue weighted by Crippen LogP contribution is -2.22. The van der Waals surface area contributed by atoms with Crippen LogP contribution >= 0.6 is 0 Å². The minimum absolute atomic E-state index is 0.0941. The third-order valence-electron chi connectivity index (χ3n) is 1.80. The molecule has 0 aliphatic heterocycles. The molecule has 1 radical (unpaired) electrons. The predicted molar refractivity (Wildman–Crippen MR) is 52.2 cm³/mol. The van der Waals surface area contributed by atoms with Crippen molar-refractivity contribution in [1.29, 1.82) is 0 Å². The van der Waals surface area contributed by atoms with Crippen LogP contribution < -0.4 is 5.32 Å². The van der Waals surface area contributed by atoms with Gasteiger partial charge in [-0.25, -0.2) is 5.32 Å². The standard InChI is InChI=1S/C10H22NO/c1-4-6-7-8-9-12-10(3)11-5-2/h10H,4-9H2,1-3H3. The summed E-state index contributed by atoms with van der Waals surface area (Å²) in [5.74, 6) is 0. The molecule has 1 unspecified atom stereocenters. The van der Waals surface area contributed by atoms with E-state index >= 15 is 0 Å². The van der Waals surface area contributed by atoms with E-state index < -0.39 is 0 Å². The minimum Gasteiger partial charge on any atom is -0.362 e. The normalized spacial score (nSPS) is 13.2. The number of nitrogens with zero attached hydrogens (tertiary/aromatic N) is 1. The van der Waals surface area contributed by atoms with E-state index in [1.165, 1.54) is 25.7 Å². The third kappa shape index (κ3) is 8.02. The summed E-state index contributed by atoms with van der Waals surface area (Å²) < 4.78 is 5.46. The quantitative estimate of drug-likeness (QED) is 0.516. The van der Waals surface area contributed by atoms with Crippen LogP contribution in [0.1, 0.15) is 46.5 Å². The number of rotatable bonds is 8. The molecule has 0 heterocycles. The number of hydrogen-bond acceptors (Lipinski definition) is 1. The summed E-state index contributed by atoms with van der Waals surface area (Å²) in [4.78, 5) is 0. The summed E-state index contributed by atoms with van der Waals surface area (Å²) in [5.41, 5.74) is 0. The van der Waals surface area contributed by atoms with Crippen molar-refractivity contribution in [1.82, 2.24) is 5.32 Å². The van der Waals surface area contributed by atoms with Gasteiger partial charge in [0, 0.05) is 13.2 Å². The van der Waals surface area contributed by atoms with Crippen LogP contribution in [-0.2, 0) is 4.74 Å². The van der Waals surface area contributed by atoms with E-state index in [9.17, 15) is 0 Å². The Labute approximate surface area is 76.7 Å². The second-order valence-electron chi connectivity index (χ2n) is 3.03. The molecule has 1 atom stereocenters. The fourth-order valence-electron chi connectivity index (χ4n) is 1.09. The van der Waals surface area contributed by atoms with Gasteiger partial charge in [-0.3, -0.25) is 0 Å². The first kappa shape index (κ1) is 11.9. The predicted octanol–water partition coefficient (Wildman–Crippen LogP) is 2.55. The van der Waals surface area contributed by atoms with Gasteiger partial charge in [0.25, 0.3) is 0 Å². The molecule has 0 aromatic rings. The van der Waals surface area contributed by atoms with Crippen LogP contribution in [-0.4, -0.2) is 19.4 Å². The molecule has 2 heteroatoms. The fraction of sp³-hybridized carbons (Fsp3) is 1.00.